The topological polar surface area (TPSA) is 52.0 Å². The van der Waals surface area contributed by atoms with Gasteiger partial charge in [0, 0.05) is 6.42 Å². The van der Waals surface area contributed by atoms with Gasteiger partial charge in [0.1, 0.15) is 0 Å². The molecular formula is C11H11FN2O. The highest BCUT2D eigenvalue weighted by molar-refractivity contribution is 5.72. The van der Waals surface area contributed by atoms with Gasteiger partial charge < -0.3 is 10.3 Å². The number of halogens is 1. The van der Waals surface area contributed by atoms with E-state index in [9.17, 15) is 4.39 Å². The summed E-state index contributed by atoms with van der Waals surface area (Å²) in [6, 6.07) is 7.53. The van der Waals surface area contributed by atoms with Gasteiger partial charge in [-0.05, 0) is 11.1 Å². The van der Waals surface area contributed by atoms with Crippen LogP contribution in [0.15, 0.2) is 35.0 Å². The summed E-state index contributed by atoms with van der Waals surface area (Å²) in [5.74, 6) is 0.285. The van der Waals surface area contributed by atoms with Crippen molar-refractivity contribution in [3.63, 3.8) is 0 Å². The van der Waals surface area contributed by atoms with E-state index in [1.165, 1.54) is 0 Å². The summed E-state index contributed by atoms with van der Waals surface area (Å²) in [5.41, 5.74) is 8.18. The Morgan fingerprint density at radius 3 is 2.93 bits per heavy atom. The second kappa shape index (κ2) is 4.13. The first-order valence-corrected chi connectivity index (χ1v) is 4.66. The minimum atomic E-state index is -0.359. The quantitative estimate of drug-likeness (QED) is 0.839. The number of benzene rings is 1. The number of alkyl halides is 1. The van der Waals surface area contributed by atoms with Gasteiger partial charge in [0.2, 0.25) is 5.88 Å². The van der Waals surface area contributed by atoms with E-state index in [0.29, 0.717) is 6.42 Å². The largest absolute Gasteiger partial charge is 0.367 e. The predicted octanol–water partition coefficient (Wildman–Crippen LogP) is 2.44. The SMILES string of the molecule is Nc1oncc1-c1cccc(CCF)c1. The molecule has 0 atom stereocenters. The van der Waals surface area contributed by atoms with Gasteiger partial charge in [-0.15, -0.1) is 0 Å². The van der Waals surface area contributed by atoms with Crippen LogP contribution in [0.4, 0.5) is 10.3 Å². The summed E-state index contributed by atoms with van der Waals surface area (Å²) in [7, 11) is 0. The average molecular weight is 206 g/mol. The third-order valence-corrected chi connectivity index (χ3v) is 2.22. The molecule has 15 heavy (non-hydrogen) atoms. The van der Waals surface area contributed by atoms with E-state index < -0.39 is 0 Å². The Morgan fingerprint density at radius 2 is 2.27 bits per heavy atom. The van der Waals surface area contributed by atoms with Crippen LogP contribution >= 0.6 is 0 Å². The summed E-state index contributed by atoms with van der Waals surface area (Å²) in [6.45, 7) is -0.359. The molecule has 1 aromatic carbocycles. The molecule has 2 aromatic rings. The second-order valence-corrected chi connectivity index (χ2v) is 3.24. The van der Waals surface area contributed by atoms with Gasteiger partial charge >= 0.3 is 0 Å². The van der Waals surface area contributed by atoms with E-state index in [-0.39, 0.29) is 12.6 Å². The molecule has 1 aromatic heterocycles. The number of hydrogen-bond donors (Lipinski definition) is 1. The molecule has 0 aliphatic heterocycles. The first-order chi connectivity index (χ1) is 7.31. The molecule has 0 fully saturated rings. The fourth-order valence-electron chi connectivity index (χ4n) is 1.47. The van der Waals surface area contributed by atoms with Crippen molar-refractivity contribution in [2.75, 3.05) is 12.4 Å². The Morgan fingerprint density at radius 1 is 1.40 bits per heavy atom. The summed E-state index contributed by atoms with van der Waals surface area (Å²) in [5, 5.41) is 3.60. The van der Waals surface area contributed by atoms with E-state index >= 15 is 0 Å². The smallest absolute Gasteiger partial charge is 0.229 e. The lowest BCUT2D eigenvalue weighted by Gasteiger charge is -2.01. The van der Waals surface area contributed by atoms with Crippen molar-refractivity contribution in [3.8, 4) is 11.1 Å². The molecule has 3 nitrogen and oxygen atoms in total. The maximum Gasteiger partial charge on any atom is 0.229 e. The number of hydrogen-bond acceptors (Lipinski definition) is 3. The molecule has 0 saturated heterocycles. The lowest BCUT2D eigenvalue weighted by atomic mass is 10.0. The van der Waals surface area contributed by atoms with Crippen LogP contribution in [0.3, 0.4) is 0 Å². The van der Waals surface area contributed by atoms with E-state index in [1.807, 2.05) is 24.3 Å². The lowest BCUT2D eigenvalue weighted by molar-refractivity contribution is 0.436. The van der Waals surface area contributed by atoms with Crippen molar-refractivity contribution in [1.29, 1.82) is 0 Å². The normalized spacial score (nSPS) is 10.5. The van der Waals surface area contributed by atoms with Crippen molar-refractivity contribution in [3.05, 3.63) is 36.0 Å². The Kier molecular flexibility index (Phi) is 2.67. The first kappa shape index (κ1) is 9.71. The van der Waals surface area contributed by atoms with Gasteiger partial charge in [0.25, 0.3) is 0 Å². The maximum atomic E-state index is 12.2. The van der Waals surface area contributed by atoms with Gasteiger partial charge in [0.15, 0.2) is 0 Å². The minimum absolute atomic E-state index is 0.285. The van der Waals surface area contributed by atoms with E-state index in [4.69, 9.17) is 10.3 Å². The molecule has 0 aliphatic carbocycles. The zero-order chi connectivity index (χ0) is 10.7. The highest BCUT2D eigenvalue weighted by atomic mass is 19.1. The molecule has 0 unspecified atom stereocenters. The number of nitrogens with two attached hydrogens (primary N) is 1. The molecule has 2 rings (SSSR count). The van der Waals surface area contributed by atoms with Crippen LogP contribution in [0.25, 0.3) is 11.1 Å². The van der Waals surface area contributed by atoms with Gasteiger partial charge in [-0.2, -0.15) is 0 Å². The molecule has 0 radical (unpaired) electrons. The maximum absolute atomic E-state index is 12.2. The number of aromatic nitrogens is 1. The average Bonchev–Trinajstić information content (AvgIpc) is 2.65. The van der Waals surface area contributed by atoms with Crippen LogP contribution in [-0.4, -0.2) is 11.8 Å². The highest BCUT2D eigenvalue weighted by Crippen LogP contribution is 2.25. The summed E-state index contributed by atoms with van der Waals surface area (Å²) < 4.78 is 16.9. The van der Waals surface area contributed by atoms with Crippen LogP contribution in [0.1, 0.15) is 5.56 Å². The summed E-state index contributed by atoms with van der Waals surface area (Å²) in [6.07, 6.45) is 1.98. The number of anilines is 1. The zero-order valence-electron chi connectivity index (χ0n) is 8.11. The number of nitrogen functional groups attached to an aromatic ring is 1. The van der Waals surface area contributed by atoms with E-state index in [0.717, 1.165) is 16.7 Å². The number of nitrogens with zero attached hydrogens (tertiary/aromatic N) is 1. The molecule has 2 N–H and O–H groups in total. The summed E-state index contributed by atoms with van der Waals surface area (Å²) in [4.78, 5) is 0. The van der Waals surface area contributed by atoms with Gasteiger partial charge in [-0.3, -0.25) is 4.39 Å². The van der Waals surface area contributed by atoms with E-state index in [2.05, 4.69) is 5.16 Å². The van der Waals surface area contributed by atoms with Crippen LogP contribution in [0.5, 0.6) is 0 Å². The number of rotatable bonds is 3. The van der Waals surface area contributed by atoms with Crippen LogP contribution in [0, 0.1) is 0 Å². The lowest BCUT2D eigenvalue weighted by Crippen LogP contribution is -1.89. The second-order valence-electron chi connectivity index (χ2n) is 3.24. The van der Waals surface area contributed by atoms with E-state index in [1.54, 1.807) is 6.20 Å². The fraction of sp³-hybridized carbons (Fsp3) is 0.182. The van der Waals surface area contributed by atoms with Crippen molar-refractivity contribution >= 4 is 5.88 Å². The fourth-order valence-corrected chi connectivity index (χ4v) is 1.47. The van der Waals surface area contributed by atoms with Crippen LogP contribution in [0.2, 0.25) is 0 Å². The Labute approximate surface area is 86.7 Å². The molecule has 0 saturated carbocycles. The van der Waals surface area contributed by atoms with Gasteiger partial charge in [-0.25, -0.2) is 0 Å². The minimum Gasteiger partial charge on any atom is -0.367 e. The molecule has 0 amide bonds. The van der Waals surface area contributed by atoms with Crippen molar-refractivity contribution < 1.29 is 8.91 Å². The van der Waals surface area contributed by atoms with Crippen LogP contribution in [-0.2, 0) is 6.42 Å². The Hall–Kier alpha value is -1.84. The standard InChI is InChI=1S/C11H11FN2O/c12-5-4-8-2-1-3-9(6-8)10-7-14-15-11(10)13/h1-3,6-7H,4-5,13H2. The first-order valence-electron chi connectivity index (χ1n) is 4.66. The van der Waals surface area contributed by atoms with Crippen LogP contribution < -0.4 is 5.73 Å². The monoisotopic (exact) mass is 206 g/mol. The molecule has 78 valence electrons. The highest BCUT2D eigenvalue weighted by Gasteiger charge is 2.06. The number of aryl methyl sites for hydroxylation is 1. The third-order valence-electron chi connectivity index (χ3n) is 2.22. The Bertz CT molecular complexity index is 453. The van der Waals surface area contributed by atoms with Crippen molar-refractivity contribution in [2.45, 2.75) is 6.42 Å². The predicted molar refractivity (Wildman–Crippen MR) is 56.0 cm³/mol. The molecule has 0 bridgehead atoms. The van der Waals surface area contributed by atoms with Crippen molar-refractivity contribution in [1.82, 2.24) is 5.16 Å². The molecule has 1 heterocycles. The third kappa shape index (κ3) is 1.98. The van der Waals surface area contributed by atoms with Gasteiger partial charge in [0.05, 0.1) is 18.4 Å². The molecule has 4 heteroatoms. The summed E-state index contributed by atoms with van der Waals surface area (Å²) >= 11 is 0. The van der Waals surface area contributed by atoms with Gasteiger partial charge in [-0.1, -0.05) is 29.4 Å². The zero-order valence-corrected chi connectivity index (χ0v) is 8.11. The molecule has 0 spiro atoms. The van der Waals surface area contributed by atoms with Crippen molar-refractivity contribution in [2.24, 2.45) is 0 Å². The molecule has 0 aliphatic rings. The molecular weight excluding hydrogens is 195 g/mol. The Balaban J connectivity index is 2.37.